The Morgan fingerprint density at radius 3 is 2.44 bits per heavy atom. The topological polar surface area (TPSA) is 75.5 Å². The van der Waals surface area contributed by atoms with Gasteiger partial charge in [0.2, 0.25) is 5.91 Å². The van der Waals surface area contributed by atoms with Crippen LogP contribution in [-0.4, -0.2) is 28.8 Å². The van der Waals surface area contributed by atoms with Crippen LogP contribution >= 0.6 is 23.2 Å². The van der Waals surface area contributed by atoms with Gasteiger partial charge >= 0.3 is 0 Å². The first kappa shape index (κ1) is 19.2. The van der Waals surface area contributed by atoms with E-state index < -0.39 is 11.0 Å². The van der Waals surface area contributed by atoms with Crippen molar-refractivity contribution in [2.45, 2.75) is 19.5 Å². The number of non-ortho nitro benzene ring substituents is 1. The summed E-state index contributed by atoms with van der Waals surface area (Å²) in [6, 6.07) is 10.9. The lowest BCUT2D eigenvalue weighted by Gasteiger charge is -2.24. The Bertz CT molecular complexity index is 781. The Morgan fingerprint density at radius 1 is 1.24 bits per heavy atom. The Hall–Kier alpha value is -2.15. The summed E-state index contributed by atoms with van der Waals surface area (Å²) in [7, 11) is 1.83. The molecule has 1 atom stereocenters. The average Bonchev–Trinajstić information content (AvgIpc) is 2.57. The van der Waals surface area contributed by atoms with Crippen molar-refractivity contribution in [1.82, 2.24) is 4.90 Å². The molecular formula is C17H17Cl2N3O3. The van der Waals surface area contributed by atoms with Crippen LogP contribution < -0.4 is 5.32 Å². The van der Waals surface area contributed by atoms with Crippen LogP contribution in [0.2, 0.25) is 10.0 Å². The molecule has 0 aliphatic heterocycles. The molecule has 0 bridgehead atoms. The molecule has 0 saturated carbocycles. The second kappa shape index (κ2) is 8.29. The molecule has 0 fully saturated rings. The predicted molar refractivity (Wildman–Crippen MR) is 99.1 cm³/mol. The highest BCUT2D eigenvalue weighted by Gasteiger charge is 2.20. The van der Waals surface area contributed by atoms with Crippen LogP contribution in [0, 0.1) is 10.1 Å². The minimum atomic E-state index is -0.542. The second-order valence-corrected chi connectivity index (χ2v) is 6.47. The molecule has 0 spiro atoms. The molecule has 2 aromatic rings. The summed E-state index contributed by atoms with van der Waals surface area (Å²) >= 11 is 11.9. The Labute approximate surface area is 155 Å². The molecule has 0 aliphatic rings. The van der Waals surface area contributed by atoms with Crippen molar-refractivity contribution in [3.63, 3.8) is 0 Å². The molecule has 25 heavy (non-hydrogen) atoms. The van der Waals surface area contributed by atoms with Gasteiger partial charge in [-0.1, -0.05) is 35.3 Å². The highest BCUT2D eigenvalue weighted by atomic mass is 35.5. The highest BCUT2D eigenvalue weighted by molar-refractivity contribution is 6.34. The van der Waals surface area contributed by atoms with Crippen LogP contribution in [0.3, 0.4) is 0 Å². The third-order valence-corrected chi connectivity index (χ3v) is 4.37. The largest absolute Gasteiger partial charge is 0.323 e. The SMILES string of the molecule is CC(C(=O)Nc1ccc([N+](=O)[O-])cc1Cl)N(C)Cc1ccc(Cl)cc1. The van der Waals surface area contributed by atoms with Crippen LogP contribution in [0.15, 0.2) is 42.5 Å². The number of hydrogen-bond donors (Lipinski definition) is 1. The number of nitro benzene ring substituents is 1. The standard InChI is InChI=1S/C17H17Cl2N3O3/c1-11(21(2)10-12-3-5-13(18)6-4-12)17(23)20-16-8-7-14(22(24)25)9-15(16)19/h3-9,11H,10H2,1-2H3,(H,20,23). The summed E-state index contributed by atoms with van der Waals surface area (Å²) in [5, 5.41) is 14.2. The zero-order valence-electron chi connectivity index (χ0n) is 13.7. The summed E-state index contributed by atoms with van der Waals surface area (Å²) in [6.07, 6.45) is 0. The Balaban J connectivity index is 2.01. The van der Waals surface area contributed by atoms with E-state index >= 15 is 0 Å². The molecule has 8 heteroatoms. The number of carbonyl (C=O) groups excluding carboxylic acids is 1. The van der Waals surface area contributed by atoms with Gasteiger partial charge in [0, 0.05) is 23.7 Å². The van der Waals surface area contributed by atoms with Crippen LogP contribution in [0.5, 0.6) is 0 Å². The fourth-order valence-electron chi connectivity index (χ4n) is 2.17. The lowest BCUT2D eigenvalue weighted by atomic mass is 10.2. The van der Waals surface area contributed by atoms with Gasteiger partial charge in [-0.25, -0.2) is 0 Å². The van der Waals surface area contributed by atoms with Gasteiger partial charge in [0.25, 0.3) is 5.69 Å². The van der Waals surface area contributed by atoms with E-state index in [1.54, 1.807) is 19.1 Å². The molecule has 2 rings (SSSR count). The van der Waals surface area contributed by atoms with Crippen LogP contribution in [0.1, 0.15) is 12.5 Å². The van der Waals surface area contributed by atoms with Crippen molar-refractivity contribution in [1.29, 1.82) is 0 Å². The van der Waals surface area contributed by atoms with E-state index in [0.717, 1.165) is 5.56 Å². The van der Waals surface area contributed by atoms with Gasteiger partial charge in [-0.2, -0.15) is 0 Å². The normalized spacial score (nSPS) is 12.0. The van der Waals surface area contributed by atoms with E-state index in [2.05, 4.69) is 5.32 Å². The maximum Gasteiger partial charge on any atom is 0.271 e. The summed E-state index contributed by atoms with van der Waals surface area (Å²) in [5.74, 6) is -0.257. The Kier molecular flexibility index (Phi) is 6.36. The predicted octanol–water partition coefficient (Wildman–Crippen LogP) is 4.36. The number of halogens is 2. The van der Waals surface area contributed by atoms with Crippen molar-refractivity contribution < 1.29 is 9.72 Å². The molecule has 2 aromatic carbocycles. The third kappa shape index (κ3) is 5.16. The van der Waals surface area contributed by atoms with Crippen molar-refractivity contribution in [2.24, 2.45) is 0 Å². The first-order valence-corrected chi connectivity index (χ1v) is 8.23. The number of carbonyl (C=O) groups is 1. The first-order chi connectivity index (χ1) is 11.8. The summed E-state index contributed by atoms with van der Waals surface area (Å²) < 4.78 is 0. The van der Waals surface area contributed by atoms with Gasteiger partial charge in [0.15, 0.2) is 0 Å². The molecule has 1 amide bonds. The summed E-state index contributed by atoms with van der Waals surface area (Å²) in [5.41, 5.74) is 1.24. The molecule has 1 unspecified atom stereocenters. The zero-order chi connectivity index (χ0) is 18.6. The number of nitrogens with zero attached hydrogens (tertiary/aromatic N) is 2. The zero-order valence-corrected chi connectivity index (χ0v) is 15.2. The molecule has 0 aromatic heterocycles. The number of hydrogen-bond acceptors (Lipinski definition) is 4. The van der Waals surface area contributed by atoms with Gasteiger partial charge in [0.1, 0.15) is 0 Å². The molecule has 0 aliphatic carbocycles. The fraction of sp³-hybridized carbons (Fsp3) is 0.235. The average molecular weight is 382 g/mol. The number of benzene rings is 2. The van der Waals surface area contributed by atoms with Gasteiger partial charge in [-0.05, 0) is 37.7 Å². The molecule has 6 nitrogen and oxygen atoms in total. The van der Waals surface area contributed by atoms with Gasteiger partial charge in [-0.15, -0.1) is 0 Å². The monoisotopic (exact) mass is 381 g/mol. The van der Waals surface area contributed by atoms with Crippen molar-refractivity contribution >= 4 is 40.5 Å². The maximum absolute atomic E-state index is 12.4. The number of anilines is 1. The van der Waals surface area contributed by atoms with Gasteiger partial charge in [0.05, 0.1) is 21.7 Å². The third-order valence-electron chi connectivity index (χ3n) is 3.81. The smallest absolute Gasteiger partial charge is 0.271 e. The number of likely N-dealkylation sites (N-methyl/N-ethyl adjacent to an activating group) is 1. The number of nitrogens with one attached hydrogen (secondary N) is 1. The van der Waals surface area contributed by atoms with Crippen LogP contribution in [-0.2, 0) is 11.3 Å². The highest BCUT2D eigenvalue weighted by Crippen LogP contribution is 2.27. The van der Waals surface area contributed by atoms with E-state index in [1.165, 1.54) is 18.2 Å². The summed E-state index contributed by atoms with van der Waals surface area (Å²) in [6.45, 7) is 2.34. The van der Waals surface area contributed by atoms with E-state index in [4.69, 9.17) is 23.2 Å². The Morgan fingerprint density at radius 2 is 1.88 bits per heavy atom. The van der Waals surface area contributed by atoms with E-state index in [1.807, 2.05) is 24.1 Å². The number of rotatable bonds is 6. The molecule has 1 N–H and O–H groups in total. The minimum Gasteiger partial charge on any atom is -0.323 e. The van der Waals surface area contributed by atoms with Crippen LogP contribution in [0.4, 0.5) is 11.4 Å². The van der Waals surface area contributed by atoms with Crippen molar-refractivity contribution in [3.05, 3.63) is 68.2 Å². The van der Waals surface area contributed by atoms with E-state index in [9.17, 15) is 14.9 Å². The number of nitro groups is 1. The molecule has 0 saturated heterocycles. The van der Waals surface area contributed by atoms with E-state index in [0.29, 0.717) is 17.3 Å². The van der Waals surface area contributed by atoms with Crippen molar-refractivity contribution in [3.8, 4) is 0 Å². The second-order valence-electron chi connectivity index (χ2n) is 5.63. The lowest BCUT2D eigenvalue weighted by molar-refractivity contribution is -0.384. The van der Waals surface area contributed by atoms with Crippen LogP contribution in [0.25, 0.3) is 0 Å². The number of amides is 1. The lowest BCUT2D eigenvalue weighted by Crippen LogP contribution is -2.39. The van der Waals surface area contributed by atoms with Crippen molar-refractivity contribution in [2.75, 3.05) is 12.4 Å². The quantitative estimate of drug-likeness (QED) is 0.595. The molecule has 0 heterocycles. The fourth-order valence-corrected chi connectivity index (χ4v) is 2.52. The molecule has 132 valence electrons. The first-order valence-electron chi connectivity index (χ1n) is 7.47. The molecular weight excluding hydrogens is 365 g/mol. The summed E-state index contributed by atoms with van der Waals surface area (Å²) in [4.78, 5) is 24.5. The van der Waals surface area contributed by atoms with E-state index in [-0.39, 0.29) is 16.6 Å². The maximum atomic E-state index is 12.4. The minimum absolute atomic E-state index is 0.120. The molecule has 0 radical (unpaired) electrons. The van der Waals surface area contributed by atoms with Gasteiger partial charge < -0.3 is 5.32 Å². The van der Waals surface area contributed by atoms with Gasteiger partial charge in [-0.3, -0.25) is 19.8 Å².